The van der Waals surface area contributed by atoms with E-state index in [1.54, 1.807) is 41.5 Å². The number of anilines is 1. The Bertz CT molecular complexity index is 730. The molecule has 0 aliphatic heterocycles. The Balaban J connectivity index is 2.91. The van der Waals surface area contributed by atoms with Gasteiger partial charge in [-0.05, 0) is 39.0 Å². The fourth-order valence-corrected chi connectivity index (χ4v) is 1.92. The molecule has 0 aliphatic rings. The summed E-state index contributed by atoms with van der Waals surface area (Å²) in [5.41, 5.74) is -2.31. The predicted octanol–water partition coefficient (Wildman–Crippen LogP) is 4.57. The predicted molar refractivity (Wildman–Crippen MR) is 96.3 cm³/mol. The van der Waals surface area contributed by atoms with Crippen LogP contribution in [0.1, 0.15) is 47.1 Å². The number of oxime groups is 1. The first-order valence-electron chi connectivity index (χ1n) is 8.16. The first-order valence-corrected chi connectivity index (χ1v) is 8.16. The van der Waals surface area contributed by atoms with Crippen molar-refractivity contribution in [3.8, 4) is 0 Å². The molecule has 1 aromatic carbocycles. The van der Waals surface area contributed by atoms with Gasteiger partial charge in [-0.3, -0.25) is 14.9 Å². The smallest absolute Gasteiger partial charge is 0.346 e. The lowest BCUT2D eigenvalue weighted by molar-refractivity contribution is -0.137. The molecule has 0 radical (unpaired) electrons. The summed E-state index contributed by atoms with van der Waals surface area (Å²) >= 11 is 0. The molecular weight excluding hydrogens is 363 g/mol. The summed E-state index contributed by atoms with van der Waals surface area (Å²) < 4.78 is 38.1. The van der Waals surface area contributed by atoms with Gasteiger partial charge in [0.25, 0.3) is 5.91 Å². The quantitative estimate of drug-likeness (QED) is 0.453. The highest BCUT2D eigenvalue weighted by molar-refractivity contribution is 6.40. The fraction of sp³-hybridized carbons (Fsp3) is 0.500. The average Bonchev–Trinajstić information content (AvgIpc) is 2.43. The van der Waals surface area contributed by atoms with Gasteiger partial charge in [-0.1, -0.05) is 32.0 Å². The van der Waals surface area contributed by atoms with E-state index in [0.29, 0.717) is 0 Å². The first-order chi connectivity index (χ1) is 12.1. The highest BCUT2D eigenvalue weighted by Crippen LogP contribution is 2.30. The number of alkyl halides is 3. The minimum absolute atomic E-state index is 0.0309. The molecule has 0 unspecified atom stereocenters. The summed E-state index contributed by atoms with van der Waals surface area (Å²) in [4.78, 5) is 28.9. The van der Waals surface area contributed by atoms with Crippen LogP contribution in [0.25, 0.3) is 0 Å². The molecule has 0 aliphatic carbocycles. The second-order valence-electron chi connectivity index (χ2n) is 7.98. The maximum absolute atomic E-state index is 12.7. The monoisotopic (exact) mass is 387 g/mol. The summed E-state index contributed by atoms with van der Waals surface area (Å²) in [5.74, 6) is -0.512. The number of rotatable bonds is 3. The highest BCUT2D eigenvalue weighted by Gasteiger charge is 2.31. The van der Waals surface area contributed by atoms with Crippen LogP contribution in [-0.2, 0) is 15.8 Å². The zero-order chi connectivity index (χ0) is 21.0. The lowest BCUT2D eigenvalue weighted by Crippen LogP contribution is -2.47. The van der Waals surface area contributed by atoms with Crippen molar-refractivity contribution in [1.82, 2.24) is 5.32 Å². The van der Waals surface area contributed by atoms with E-state index in [0.717, 1.165) is 18.2 Å². The van der Waals surface area contributed by atoms with Crippen LogP contribution in [0.5, 0.6) is 0 Å². The van der Waals surface area contributed by atoms with Gasteiger partial charge >= 0.3 is 12.3 Å². The lowest BCUT2D eigenvalue weighted by atomic mass is 9.89. The normalized spacial score (nSPS) is 13.1. The average molecular weight is 387 g/mol. The zero-order valence-electron chi connectivity index (χ0n) is 16.1. The van der Waals surface area contributed by atoms with E-state index >= 15 is 0 Å². The molecule has 1 rings (SSSR count). The zero-order valence-corrected chi connectivity index (χ0v) is 16.1. The number of benzene rings is 1. The molecular formula is C18H24F3N3O3. The number of carbonyl (C=O) groups is 2. The molecule has 0 saturated carbocycles. The Kier molecular flexibility index (Phi) is 6.63. The SMILES string of the molecule is CC(C)(C)NC(=O)/C(=N\OC(=O)Nc1cccc(C(F)(F)F)c1)C(C)(C)C. The second kappa shape index (κ2) is 7.98. The largest absolute Gasteiger partial charge is 0.437 e. The van der Waals surface area contributed by atoms with Gasteiger partial charge in [-0.25, -0.2) is 4.79 Å². The van der Waals surface area contributed by atoms with Crippen molar-refractivity contribution in [2.24, 2.45) is 10.6 Å². The van der Waals surface area contributed by atoms with Crippen molar-refractivity contribution in [3.05, 3.63) is 29.8 Å². The highest BCUT2D eigenvalue weighted by atomic mass is 19.4. The molecule has 0 bridgehead atoms. The van der Waals surface area contributed by atoms with Crippen molar-refractivity contribution < 1.29 is 27.6 Å². The van der Waals surface area contributed by atoms with Crippen LogP contribution in [0.4, 0.5) is 23.7 Å². The third-order valence-electron chi connectivity index (χ3n) is 3.07. The third-order valence-corrected chi connectivity index (χ3v) is 3.07. The van der Waals surface area contributed by atoms with Gasteiger partial charge < -0.3 is 5.32 Å². The van der Waals surface area contributed by atoms with E-state index < -0.39 is 34.7 Å². The molecule has 2 N–H and O–H groups in total. The number of nitrogens with one attached hydrogen (secondary N) is 2. The number of hydrogen-bond donors (Lipinski definition) is 2. The van der Waals surface area contributed by atoms with Gasteiger partial charge in [0.05, 0.1) is 5.56 Å². The van der Waals surface area contributed by atoms with Gasteiger partial charge in [-0.15, -0.1) is 0 Å². The molecule has 9 heteroatoms. The topological polar surface area (TPSA) is 79.8 Å². The van der Waals surface area contributed by atoms with Crippen LogP contribution in [0.3, 0.4) is 0 Å². The molecule has 27 heavy (non-hydrogen) atoms. The Labute approximate surface area is 156 Å². The Hall–Kier alpha value is -2.58. The molecule has 6 nitrogen and oxygen atoms in total. The summed E-state index contributed by atoms with van der Waals surface area (Å²) in [7, 11) is 0. The van der Waals surface area contributed by atoms with Gasteiger partial charge in [0.2, 0.25) is 0 Å². The molecule has 0 aromatic heterocycles. The van der Waals surface area contributed by atoms with Crippen LogP contribution >= 0.6 is 0 Å². The van der Waals surface area contributed by atoms with Crippen LogP contribution < -0.4 is 10.6 Å². The second-order valence-corrected chi connectivity index (χ2v) is 7.98. The number of halogens is 3. The van der Waals surface area contributed by atoms with Crippen molar-refractivity contribution in [2.75, 3.05) is 5.32 Å². The fourth-order valence-electron chi connectivity index (χ4n) is 1.92. The summed E-state index contributed by atoms with van der Waals surface area (Å²) in [6.07, 6.45) is -5.65. The summed E-state index contributed by atoms with van der Waals surface area (Å²) in [5, 5.41) is 8.48. The van der Waals surface area contributed by atoms with Gasteiger partial charge in [-0.2, -0.15) is 13.2 Å². The van der Waals surface area contributed by atoms with Crippen LogP contribution in [-0.4, -0.2) is 23.3 Å². The lowest BCUT2D eigenvalue weighted by Gasteiger charge is -2.25. The van der Waals surface area contributed by atoms with Crippen molar-refractivity contribution in [1.29, 1.82) is 0 Å². The van der Waals surface area contributed by atoms with Gasteiger partial charge in [0.1, 0.15) is 0 Å². The van der Waals surface area contributed by atoms with Crippen molar-refractivity contribution >= 4 is 23.4 Å². The summed E-state index contributed by atoms with van der Waals surface area (Å²) in [6, 6.07) is 4.07. The number of amides is 2. The van der Waals surface area contributed by atoms with Crippen LogP contribution in [0.15, 0.2) is 29.4 Å². The van der Waals surface area contributed by atoms with E-state index in [-0.39, 0.29) is 11.4 Å². The molecule has 0 heterocycles. The number of hydrogen-bond acceptors (Lipinski definition) is 4. The standard InChI is InChI=1S/C18H24F3N3O3/c1-16(2,3)13(14(25)23-17(4,5)6)24-27-15(26)22-12-9-7-8-11(10-12)18(19,20)21/h7-10H,1-6H3,(H,22,26)(H,23,25)/b24-13+. The van der Waals surface area contributed by atoms with Crippen LogP contribution in [0, 0.1) is 5.41 Å². The molecule has 2 amide bonds. The molecule has 0 spiro atoms. The molecule has 0 fully saturated rings. The van der Waals surface area contributed by atoms with E-state index in [9.17, 15) is 22.8 Å². The van der Waals surface area contributed by atoms with Crippen molar-refractivity contribution in [3.63, 3.8) is 0 Å². The van der Waals surface area contributed by atoms with E-state index in [2.05, 4.69) is 15.8 Å². The molecule has 0 atom stereocenters. The first kappa shape index (κ1) is 22.5. The van der Waals surface area contributed by atoms with Gasteiger partial charge in [0, 0.05) is 16.6 Å². The molecule has 1 aromatic rings. The maximum atomic E-state index is 12.7. The Morgan fingerprint density at radius 3 is 2.11 bits per heavy atom. The number of carbonyl (C=O) groups excluding carboxylic acids is 2. The molecule has 0 saturated heterocycles. The van der Waals surface area contributed by atoms with E-state index in [1.165, 1.54) is 6.07 Å². The third kappa shape index (κ3) is 7.67. The van der Waals surface area contributed by atoms with E-state index in [1.807, 2.05) is 0 Å². The Morgan fingerprint density at radius 2 is 1.63 bits per heavy atom. The summed E-state index contributed by atoms with van der Waals surface area (Å²) in [6.45, 7) is 10.5. The minimum atomic E-state index is -4.54. The minimum Gasteiger partial charge on any atom is -0.346 e. The number of nitrogens with zero attached hydrogens (tertiary/aromatic N) is 1. The van der Waals surface area contributed by atoms with Crippen molar-refractivity contribution in [2.45, 2.75) is 53.3 Å². The van der Waals surface area contributed by atoms with E-state index in [4.69, 9.17) is 4.84 Å². The van der Waals surface area contributed by atoms with Gasteiger partial charge in [0.15, 0.2) is 5.71 Å². The maximum Gasteiger partial charge on any atom is 0.437 e. The Morgan fingerprint density at radius 1 is 1.04 bits per heavy atom. The molecule has 150 valence electrons. The van der Waals surface area contributed by atoms with Crippen LogP contribution in [0.2, 0.25) is 0 Å².